The average Bonchev–Trinajstić information content (AvgIpc) is 3.69. The Morgan fingerprint density at radius 1 is 1.07 bits per heavy atom. The zero-order valence-electron chi connectivity index (χ0n) is 25.1. The highest BCUT2D eigenvalue weighted by Gasteiger charge is 2.37. The van der Waals surface area contributed by atoms with Crippen LogP contribution in [0.2, 0.25) is 0 Å². The van der Waals surface area contributed by atoms with Gasteiger partial charge in [0.15, 0.2) is 0 Å². The molecule has 0 unspecified atom stereocenters. The molecule has 0 spiro atoms. The van der Waals surface area contributed by atoms with Gasteiger partial charge in [-0.05, 0) is 44.4 Å². The summed E-state index contributed by atoms with van der Waals surface area (Å²) in [6, 6.07) is 3.32. The molecular weight excluding hydrogens is 594 g/mol. The number of likely N-dealkylation sites (N-methyl/N-ethyl adjacent to an activating group) is 1. The van der Waals surface area contributed by atoms with Crippen molar-refractivity contribution in [2.75, 3.05) is 68.1 Å². The number of carbonyl (C=O) groups excluding carboxylic acids is 1. The minimum atomic E-state index is -4.94. The van der Waals surface area contributed by atoms with Crippen LogP contribution in [0.3, 0.4) is 0 Å². The molecule has 1 aliphatic carbocycles. The number of hydrogen-bond acceptors (Lipinski definition) is 8. The maximum Gasteiger partial charge on any atom is 0.417 e. The Balaban J connectivity index is 1.35. The van der Waals surface area contributed by atoms with Crippen molar-refractivity contribution in [2.24, 2.45) is 13.0 Å². The molecule has 1 saturated carbocycles. The molecule has 3 fully saturated rings. The molecule has 14 heteroatoms. The summed E-state index contributed by atoms with van der Waals surface area (Å²) in [7, 11) is 3.33. The Bertz CT molecular complexity index is 1620. The highest BCUT2D eigenvalue weighted by Crippen LogP contribution is 2.38. The number of carbonyl (C=O) groups is 1. The predicted octanol–water partition coefficient (Wildman–Crippen LogP) is 4.01. The van der Waals surface area contributed by atoms with Crippen molar-refractivity contribution in [1.29, 1.82) is 0 Å². The largest absolute Gasteiger partial charge is 0.417 e. The highest BCUT2D eigenvalue weighted by molar-refractivity contribution is 6.07. The van der Waals surface area contributed by atoms with Crippen LogP contribution in [0, 0.1) is 11.7 Å². The summed E-state index contributed by atoms with van der Waals surface area (Å²) in [5.74, 6) is -0.492. The lowest BCUT2D eigenvalue weighted by molar-refractivity contribution is -0.138. The van der Waals surface area contributed by atoms with Crippen molar-refractivity contribution in [1.82, 2.24) is 19.4 Å². The first-order chi connectivity index (χ1) is 21.5. The number of benzene rings is 1. The van der Waals surface area contributed by atoms with E-state index in [-0.39, 0.29) is 17.3 Å². The van der Waals surface area contributed by atoms with Crippen LogP contribution in [-0.2, 0) is 18.0 Å². The van der Waals surface area contributed by atoms with Crippen molar-refractivity contribution in [3.8, 4) is 11.1 Å². The summed E-state index contributed by atoms with van der Waals surface area (Å²) in [5, 5.41) is 2.61. The molecule has 4 heterocycles. The zero-order chi connectivity index (χ0) is 31.9. The molecule has 1 atom stereocenters. The molecule has 240 valence electrons. The number of halogens is 4. The normalized spacial score (nSPS) is 19.0. The van der Waals surface area contributed by atoms with E-state index in [9.17, 15) is 22.8 Å². The Labute approximate surface area is 257 Å². The number of anilines is 3. The number of ether oxygens (including phenoxy) is 1. The molecule has 3 aromatic rings. The summed E-state index contributed by atoms with van der Waals surface area (Å²) in [4.78, 5) is 40.5. The van der Waals surface area contributed by atoms with Crippen LogP contribution in [0.5, 0.6) is 0 Å². The Morgan fingerprint density at radius 2 is 1.78 bits per heavy atom. The van der Waals surface area contributed by atoms with Gasteiger partial charge in [0.05, 0.1) is 35.7 Å². The Kier molecular flexibility index (Phi) is 8.53. The van der Waals surface area contributed by atoms with Crippen LogP contribution >= 0.6 is 0 Å². The predicted molar refractivity (Wildman–Crippen MR) is 161 cm³/mol. The number of amides is 1. The molecule has 45 heavy (non-hydrogen) atoms. The third kappa shape index (κ3) is 6.81. The quantitative estimate of drug-likeness (QED) is 0.374. The Morgan fingerprint density at radius 3 is 2.44 bits per heavy atom. The first kappa shape index (κ1) is 31.0. The minimum absolute atomic E-state index is 0.0840. The SMILES string of the molecule is CN(CC1CC1)[C@@H]1CCN(c2cc(F)c(-c3cnc(N4CCOCC4)nc3)cc2NC(=O)c2cn(C)c(=O)cc2C(F)(F)F)C1. The van der Waals surface area contributed by atoms with Gasteiger partial charge in [0, 0.05) is 81.6 Å². The summed E-state index contributed by atoms with van der Waals surface area (Å²) >= 11 is 0. The first-order valence-corrected chi connectivity index (χ1v) is 15.0. The van der Waals surface area contributed by atoms with Crippen LogP contribution in [0.4, 0.5) is 34.9 Å². The summed E-state index contributed by atoms with van der Waals surface area (Å²) in [6.45, 7) is 4.45. The molecule has 2 aromatic heterocycles. The third-order valence-electron chi connectivity index (χ3n) is 8.73. The third-order valence-corrected chi connectivity index (χ3v) is 8.73. The van der Waals surface area contributed by atoms with Gasteiger partial charge < -0.3 is 29.3 Å². The Hall–Kier alpha value is -4.04. The van der Waals surface area contributed by atoms with E-state index in [1.54, 1.807) is 0 Å². The number of hydrogen-bond donors (Lipinski definition) is 1. The number of alkyl halides is 3. The molecule has 1 N–H and O–H groups in total. The van der Waals surface area contributed by atoms with Crippen LogP contribution in [-0.4, -0.2) is 84.4 Å². The smallest absolute Gasteiger partial charge is 0.378 e. The van der Waals surface area contributed by atoms with E-state index in [0.29, 0.717) is 68.6 Å². The number of rotatable bonds is 8. The van der Waals surface area contributed by atoms with Gasteiger partial charge in [0.1, 0.15) is 5.82 Å². The lowest BCUT2D eigenvalue weighted by Crippen LogP contribution is -2.37. The fourth-order valence-electron chi connectivity index (χ4n) is 5.94. The second-order valence-electron chi connectivity index (χ2n) is 12.0. The lowest BCUT2D eigenvalue weighted by atomic mass is 10.0. The average molecular weight is 630 g/mol. The number of nitrogens with zero attached hydrogens (tertiary/aromatic N) is 6. The molecule has 2 aliphatic heterocycles. The van der Waals surface area contributed by atoms with Gasteiger partial charge in [-0.15, -0.1) is 0 Å². The van der Waals surface area contributed by atoms with Crippen molar-refractivity contribution in [3.63, 3.8) is 0 Å². The standard InChI is InChI=1S/C31H35F4N7O3/c1-39(16-19-3-4-19)21-5-6-42(17-21)27-13-25(32)22(20-14-36-30(37-15-20)41-7-9-45-10-8-41)11-26(27)38-29(44)23-18-40(2)28(43)12-24(23)31(33,34)35/h11-15,18-19,21H,3-10,16-17H2,1-2H3,(H,38,44)/t21-/m1/s1. The van der Waals surface area contributed by atoms with Crippen molar-refractivity contribution in [3.05, 3.63) is 64.1 Å². The highest BCUT2D eigenvalue weighted by atomic mass is 19.4. The maximum atomic E-state index is 15.8. The molecule has 1 aromatic carbocycles. The molecule has 0 bridgehead atoms. The number of aryl methyl sites for hydroxylation is 1. The van der Waals surface area contributed by atoms with Gasteiger partial charge in [-0.2, -0.15) is 13.2 Å². The van der Waals surface area contributed by atoms with Crippen LogP contribution in [0.25, 0.3) is 11.1 Å². The van der Waals surface area contributed by atoms with Gasteiger partial charge in [0.25, 0.3) is 11.5 Å². The fourth-order valence-corrected chi connectivity index (χ4v) is 5.94. The summed E-state index contributed by atoms with van der Waals surface area (Å²) in [6.07, 6.45) is 2.13. The maximum absolute atomic E-state index is 15.8. The molecule has 3 aliphatic rings. The second-order valence-corrected chi connectivity index (χ2v) is 12.0. The van der Waals surface area contributed by atoms with E-state index in [1.165, 1.54) is 44.4 Å². The number of pyridine rings is 1. The van der Waals surface area contributed by atoms with Crippen LogP contribution in [0.15, 0.2) is 41.6 Å². The fraction of sp³-hybridized carbons (Fsp3) is 0.484. The van der Waals surface area contributed by atoms with Crippen LogP contribution < -0.4 is 20.7 Å². The zero-order valence-corrected chi connectivity index (χ0v) is 25.1. The number of nitrogens with one attached hydrogen (secondary N) is 1. The first-order valence-electron chi connectivity index (χ1n) is 15.0. The monoisotopic (exact) mass is 629 g/mol. The molecule has 6 rings (SSSR count). The summed E-state index contributed by atoms with van der Waals surface area (Å²) in [5.41, 5.74) is -2.04. The van der Waals surface area contributed by atoms with E-state index in [2.05, 4.69) is 27.2 Å². The lowest BCUT2D eigenvalue weighted by Gasteiger charge is -2.27. The number of aromatic nitrogens is 3. The van der Waals surface area contributed by atoms with E-state index in [4.69, 9.17) is 4.74 Å². The van der Waals surface area contributed by atoms with E-state index < -0.39 is 34.6 Å². The van der Waals surface area contributed by atoms with Crippen molar-refractivity contribution < 1.29 is 27.1 Å². The molecule has 2 saturated heterocycles. The van der Waals surface area contributed by atoms with E-state index >= 15 is 4.39 Å². The van der Waals surface area contributed by atoms with Gasteiger partial charge in [-0.3, -0.25) is 9.59 Å². The van der Waals surface area contributed by atoms with Gasteiger partial charge in [-0.25, -0.2) is 14.4 Å². The van der Waals surface area contributed by atoms with Gasteiger partial charge in [0.2, 0.25) is 5.95 Å². The van der Waals surface area contributed by atoms with Crippen molar-refractivity contribution in [2.45, 2.75) is 31.5 Å². The molecule has 1 amide bonds. The van der Waals surface area contributed by atoms with E-state index in [0.717, 1.165) is 23.7 Å². The van der Waals surface area contributed by atoms with E-state index in [1.807, 2.05) is 9.80 Å². The van der Waals surface area contributed by atoms with Crippen molar-refractivity contribution >= 4 is 23.2 Å². The number of morpholine rings is 1. The molecule has 0 radical (unpaired) electrons. The topological polar surface area (TPSA) is 95.8 Å². The molecule has 10 nitrogen and oxygen atoms in total. The summed E-state index contributed by atoms with van der Waals surface area (Å²) < 4.78 is 63.8. The van der Waals surface area contributed by atoms with Gasteiger partial charge >= 0.3 is 6.18 Å². The minimum Gasteiger partial charge on any atom is -0.378 e. The molecular formula is C31H35F4N7O3. The second kappa shape index (κ2) is 12.4. The van der Waals surface area contributed by atoms with Crippen LogP contribution in [0.1, 0.15) is 35.2 Å². The van der Waals surface area contributed by atoms with Gasteiger partial charge in [-0.1, -0.05) is 0 Å².